The number of aryl methyl sites for hydroxylation is 1. The Morgan fingerprint density at radius 1 is 1.21 bits per heavy atom. The van der Waals surface area contributed by atoms with E-state index >= 15 is 0 Å². The highest BCUT2D eigenvalue weighted by Crippen LogP contribution is 2.12. The summed E-state index contributed by atoms with van der Waals surface area (Å²) in [6.45, 7) is 3.79. The summed E-state index contributed by atoms with van der Waals surface area (Å²) in [7, 11) is 1.85. The Morgan fingerprint density at radius 3 is 2.68 bits per heavy atom. The van der Waals surface area contributed by atoms with Crippen molar-refractivity contribution < 1.29 is 9.21 Å². The highest BCUT2D eigenvalue weighted by atomic mass is 16.3. The number of rotatable bonds is 7. The van der Waals surface area contributed by atoms with Gasteiger partial charge in [-0.3, -0.25) is 9.48 Å². The zero-order valence-corrected chi connectivity index (χ0v) is 15.8. The molecule has 3 N–H and O–H groups in total. The Labute approximate surface area is 162 Å². The number of guanidine groups is 1. The van der Waals surface area contributed by atoms with E-state index in [2.05, 4.69) is 31.0 Å². The largest absolute Gasteiger partial charge is 0.459 e. The summed E-state index contributed by atoms with van der Waals surface area (Å²) >= 11 is 0. The minimum absolute atomic E-state index is 0.276. The topological polar surface area (TPSA) is 109 Å². The molecule has 0 spiro atoms. The number of carbonyl (C=O) groups excluding carboxylic acids is 1. The lowest BCUT2D eigenvalue weighted by Crippen LogP contribution is -2.37. The molecule has 0 radical (unpaired) electrons. The van der Waals surface area contributed by atoms with E-state index in [1.807, 2.05) is 38.2 Å². The third-order valence-electron chi connectivity index (χ3n) is 3.94. The fraction of sp³-hybridized carbons (Fsp3) is 0.263. The van der Waals surface area contributed by atoms with E-state index in [1.165, 1.54) is 12.6 Å². The molecule has 0 saturated heterocycles. The van der Waals surface area contributed by atoms with Gasteiger partial charge >= 0.3 is 0 Å². The molecular weight excluding hydrogens is 358 g/mol. The van der Waals surface area contributed by atoms with Crippen LogP contribution in [-0.4, -0.2) is 33.2 Å². The van der Waals surface area contributed by atoms with Crippen molar-refractivity contribution >= 4 is 17.6 Å². The van der Waals surface area contributed by atoms with E-state index < -0.39 is 0 Å². The van der Waals surface area contributed by atoms with Crippen LogP contribution in [0.25, 0.3) is 0 Å². The van der Waals surface area contributed by atoms with Gasteiger partial charge in [0.1, 0.15) is 12.2 Å². The van der Waals surface area contributed by atoms with Crippen LogP contribution >= 0.6 is 0 Å². The number of aromatic nitrogens is 3. The van der Waals surface area contributed by atoms with Crippen LogP contribution in [0.15, 0.2) is 58.4 Å². The first kappa shape index (κ1) is 19.2. The Balaban J connectivity index is 1.56. The predicted molar refractivity (Wildman–Crippen MR) is 106 cm³/mol. The SMILES string of the molecule is CCNC(=NCc1ccc(NC(=O)c2ccco2)cc1)NCc1ncnn1C. The van der Waals surface area contributed by atoms with Crippen LogP contribution in [0.5, 0.6) is 0 Å². The molecule has 0 aliphatic heterocycles. The standard InChI is InChI=1S/C19H23N7O2/c1-3-20-19(22-12-17-23-13-24-26(17)2)21-11-14-6-8-15(9-7-14)25-18(27)16-5-4-10-28-16/h4-10,13H,3,11-12H2,1-2H3,(H,25,27)(H2,20,21,22). The van der Waals surface area contributed by atoms with Gasteiger partial charge in [0.15, 0.2) is 11.7 Å². The molecule has 0 atom stereocenters. The number of furan rings is 1. The first-order valence-corrected chi connectivity index (χ1v) is 8.94. The maximum Gasteiger partial charge on any atom is 0.291 e. The third kappa shape index (κ3) is 5.19. The van der Waals surface area contributed by atoms with Gasteiger partial charge in [0.2, 0.25) is 0 Å². The summed E-state index contributed by atoms with van der Waals surface area (Å²) in [4.78, 5) is 20.7. The average Bonchev–Trinajstić information content (AvgIpc) is 3.37. The van der Waals surface area contributed by atoms with Gasteiger partial charge in [-0.1, -0.05) is 12.1 Å². The molecule has 0 unspecified atom stereocenters. The van der Waals surface area contributed by atoms with Crippen molar-refractivity contribution in [3.05, 3.63) is 66.1 Å². The van der Waals surface area contributed by atoms with Gasteiger partial charge in [0, 0.05) is 19.3 Å². The Kier molecular flexibility index (Phi) is 6.40. The number of hydrogen-bond donors (Lipinski definition) is 3. The van der Waals surface area contributed by atoms with Crippen LogP contribution in [0, 0.1) is 0 Å². The molecular formula is C19H23N7O2. The zero-order valence-electron chi connectivity index (χ0n) is 15.8. The summed E-state index contributed by atoms with van der Waals surface area (Å²) in [6, 6.07) is 10.8. The van der Waals surface area contributed by atoms with E-state index in [4.69, 9.17) is 4.42 Å². The highest BCUT2D eigenvalue weighted by Gasteiger charge is 2.08. The second-order valence-electron chi connectivity index (χ2n) is 5.98. The normalized spacial score (nSPS) is 11.3. The fourth-order valence-corrected chi connectivity index (χ4v) is 2.45. The Bertz CT molecular complexity index is 914. The Morgan fingerprint density at radius 2 is 2.04 bits per heavy atom. The third-order valence-corrected chi connectivity index (χ3v) is 3.94. The number of benzene rings is 1. The molecule has 28 heavy (non-hydrogen) atoms. The summed E-state index contributed by atoms with van der Waals surface area (Å²) in [5.41, 5.74) is 1.72. The molecule has 2 heterocycles. The second kappa shape index (κ2) is 9.36. The molecule has 3 aromatic rings. The van der Waals surface area contributed by atoms with Crippen molar-refractivity contribution in [1.82, 2.24) is 25.4 Å². The van der Waals surface area contributed by atoms with Crippen LogP contribution in [-0.2, 0) is 20.1 Å². The monoisotopic (exact) mass is 381 g/mol. The summed E-state index contributed by atoms with van der Waals surface area (Å²) in [6.07, 6.45) is 2.99. The molecule has 2 aromatic heterocycles. The molecule has 1 amide bonds. The minimum atomic E-state index is -0.279. The molecule has 0 saturated carbocycles. The molecule has 146 valence electrons. The van der Waals surface area contributed by atoms with E-state index in [0.717, 1.165) is 17.9 Å². The molecule has 3 rings (SSSR count). The van der Waals surface area contributed by atoms with E-state index in [9.17, 15) is 4.79 Å². The van der Waals surface area contributed by atoms with Crippen molar-refractivity contribution in [2.45, 2.75) is 20.0 Å². The van der Waals surface area contributed by atoms with Gasteiger partial charge in [-0.05, 0) is 36.8 Å². The lowest BCUT2D eigenvalue weighted by atomic mass is 10.2. The van der Waals surface area contributed by atoms with Crippen molar-refractivity contribution in [1.29, 1.82) is 0 Å². The van der Waals surface area contributed by atoms with Gasteiger partial charge in [-0.25, -0.2) is 9.98 Å². The van der Waals surface area contributed by atoms with Crippen LogP contribution in [0.4, 0.5) is 5.69 Å². The number of aliphatic imine (C=N–C) groups is 1. The van der Waals surface area contributed by atoms with Gasteiger partial charge in [-0.2, -0.15) is 5.10 Å². The van der Waals surface area contributed by atoms with E-state index in [-0.39, 0.29) is 11.7 Å². The van der Waals surface area contributed by atoms with Crippen molar-refractivity contribution in [2.75, 3.05) is 11.9 Å². The predicted octanol–water partition coefficient (Wildman–Crippen LogP) is 1.92. The molecule has 0 bridgehead atoms. The number of amides is 1. The second-order valence-corrected chi connectivity index (χ2v) is 5.98. The van der Waals surface area contributed by atoms with E-state index in [1.54, 1.807) is 16.8 Å². The van der Waals surface area contributed by atoms with Gasteiger partial charge < -0.3 is 20.4 Å². The van der Waals surface area contributed by atoms with Crippen molar-refractivity contribution in [3.8, 4) is 0 Å². The molecule has 9 nitrogen and oxygen atoms in total. The van der Waals surface area contributed by atoms with Crippen LogP contribution < -0.4 is 16.0 Å². The van der Waals surface area contributed by atoms with Gasteiger partial charge in [0.05, 0.1) is 19.4 Å². The molecule has 9 heteroatoms. The number of nitrogens with one attached hydrogen (secondary N) is 3. The zero-order chi connectivity index (χ0) is 19.8. The van der Waals surface area contributed by atoms with Crippen LogP contribution in [0.3, 0.4) is 0 Å². The first-order chi connectivity index (χ1) is 13.7. The maximum atomic E-state index is 12.0. The summed E-state index contributed by atoms with van der Waals surface area (Å²) < 4.78 is 6.80. The van der Waals surface area contributed by atoms with Gasteiger partial charge in [-0.15, -0.1) is 0 Å². The van der Waals surface area contributed by atoms with Crippen LogP contribution in [0.1, 0.15) is 28.9 Å². The number of hydrogen-bond acceptors (Lipinski definition) is 5. The quantitative estimate of drug-likeness (QED) is 0.426. The number of carbonyl (C=O) groups is 1. The maximum absolute atomic E-state index is 12.0. The molecule has 1 aromatic carbocycles. The molecule has 0 aliphatic rings. The minimum Gasteiger partial charge on any atom is -0.459 e. The lowest BCUT2D eigenvalue weighted by Gasteiger charge is -2.11. The average molecular weight is 381 g/mol. The number of anilines is 1. The van der Waals surface area contributed by atoms with Crippen LogP contribution in [0.2, 0.25) is 0 Å². The summed E-state index contributed by atoms with van der Waals surface area (Å²) in [5, 5.41) is 13.3. The fourth-order valence-electron chi connectivity index (χ4n) is 2.45. The molecule has 0 aliphatic carbocycles. The van der Waals surface area contributed by atoms with Crippen molar-refractivity contribution in [3.63, 3.8) is 0 Å². The van der Waals surface area contributed by atoms with Gasteiger partial charge in [0.25, 0.3) is 5.91 Å². The number of nitrogens with zero attached hydrogens (tertiary/aromatic N) is 4. The summed E-state index contributed by atoms with van der Waals surface area (Å²) in [5.74, 6) is 1.51. The molecule has 0 fully saturated rings. The Hall–Kier alpha value is -3.62. The lowest BCUT2D eigenvalue weighted by molar-refractivity contribution is 0.0996. The van der Waals surface area contributed by atoms with E-state index in [0.29, 0.717) is 24.7 Å². The smallest absolute Gasteiger partial charge is 0.291 e. The first-order valence-electron chi connectivity index (χ1n) is 8.94. The highest BCUT2D eigenvalue weighted by molar-refractivity contribution is 6.02. The van der Waals surface area contributed by atoms with Crippen molar-refractivity contribution in [2.24, 2.45) is 12.0 Å².